The summed E-state index contributed by atoms with van der Waals surface area (Å²) in [7, 11) is 0. The maximum Gasteiger partial charge on any atom is 0.0836 e. The molecule has 2 nitrogen and oxygen atoms in total. The number of nitrogens with two attached hydrogens (primary N) is 1. The molecule has 2 N–H and O–H groups in total. The first-order valence-electron chi connectivity index (χ1n) is 6.30. The first-order chi connectivity index (χ1) is 6.96. The third-order valence-electron chi connectivity index (χ3n) is 3.80. The van der Waals surface area contributed by atoms with Crippen LogP contribution in [0.5, 0.6) is 0 Å². The summed E-state index contributed by atoms with van der Waals surface area (Å²) >= 11 is 0. The molecule has 2 heteroatoms. The summed E-state index contributed by atoms with van der Waals surface area (Å²) in [5.74, 6) is 0.601. The predicted molar refractivity (Wildman–Crippen MR) is 64.8 cm³/mol. The van der Waals surface area contributed by atoms with Gasteiger partial charge in [0.2, 0.25) is 0 Å². The summed E-state index contributed by atoms with van der Waals surface area (Å²) in [6.45, 7) is 10.5. The Hall–Kier alpha value is -0.0800. The molecular formula is C13H27NO. The summed E-state index contributed by atoms with van der Waals surface area (Å²) in [4.78, 5) is 0. The van der Waals surface area contributed by atoms with E-state index in [-0.39, 0.29) is 5.60 Å². The van der Waals surface area contributed by atoms with E-state index in [0.29, 0.717) is 17.9 Å². The van der Waals surface area contributed by atoms with E-state index in [0.717, 1.165) is 13.0 Å². The van der Waals surface area contributed by atoms with Crippen LogP contribution in [0.25, 0.3) is 0 Å². The van der Waals surface area contributed by atoms with E-state index in [4.69, 9.17) is 10.5 Å². The quantitative estimate of drug-likeness (QED) is 0.782. The monoisotopic (exact) mass is 213 g/mol. The maximum absolute atomic E-state index is 6.03. The van der Waals surface area contributed by atoms with Crippen molar-refractivity contribution in [1.29, 1.82) is 0 Å². The average molecular weight is 213 g/mol. The minimum Gasteiger partial charge on any atom is -0.374 e. The fourth-order valence-corrected chi connectivity index (χ4v) is 3.20. The molecule has 0 radical (unpaired) electrons. The molecule has 1 aliphatic rings. The molecule has 2 atom stereocenters. The fraction of sp³-hybridized carbons (Fsp3) is 1.00. The molecule has 1 rings (SSSR count). The van der Waals surface area contributed by atoms with Gasteiger partial charge in [-0.15, -0.1) is 0 Å². The highest BCUT2D eigenvalue weighted by atomic mass is 16.5. The lowest BCUT2D eigenvalue weighted by atomic mass is 9.63. The third kappa shape index (κ3) is 2.73. The highest BCUT2D eigenvalue weighted by molar-refractivity contribution is 4.97. The topological polar surface area (TPSA) is 35.2 Å². The van der Waals surface area contributed by atoms with Crippen LogP contribution in [-0.2, 0) is 4.74 Å². The van der Waals surface area contributed by atoms with Gasteiger partial charge in [0.15, 0.2) is 0 Å². The van der Waals surface area contributed by atoms with Gasteiger partial charge in [0.05, 0.1) is 5.60 Å². The van der Waals surface area contributed by atoms with Crippen LogP contribution < -0.4 is 5.73 Å². The first kappa shape index (κ1) is 13.0. The molecule has 0 saturated heterocycles. The Morgan fingerprint density at radius 1 is 1.33 bits per heavy atom. The molecule has 0 spiro atoms. The Labute approximate surface area is 94.6 Å². The van der Waals surface area contributed by atoms with Gasteiger partial charge in [0, 0.05) is 13.2 Å². The molecule has 1 fully saturated rings. The predicted octanol–water partition coefficient (Wildman–Crippen LogP) is 2.96. The highest BCUT2D eigenvalue weighted by Crippen LogP contribution is 2.45. The summed E-state index contributed by atoms with van der Waals surface area (Å²) < 4.78 is 6.03. The van der Waals surface area contributed by atoms with Crippen LogP contribution in [0.1, 0.15) is 53.4 Å². The van der Waals surface area contributed by atoms with Crippen LogP contribution in [0, 0.1) is 11.3 Å². The van der Waals surface area contributed by atoms with E-state index in [1.54, 1.807) is 0 Å². The summed E-state index contributed by atoms with van der Waals surface area (Å²) in [6, 6.07) is 0. The molecule has 90 valence electrons. The molecule has 0 aromatic heterocycles. The fourth-order valence-electron chi connectivity index (χ4n) is 3.20. The molecule has 15 heavy (non-hydrogen) atoms. The molecule has 0 aromatic carbocycles. The van der Waals surface area contributed by atoms with Crippen molar-refractivity contribution >= 4 is 0 Å². The number of hydrogen-bond acceptors (Lipinski definition) is 2. The van der Waals surface area contributed by atoms with E-state index < -0.39 is 0 Å². The number of hydrogen-bond donors (Lipinski definition) is 1. The lowest BCUT2D eigenvalue weighted by Gasteiger charge is -2.49. The van der Waals surface area contributed by atoms with Crippen molar-refractivity contribution in [3.63, 3.8) is 0 Å². The standard InChI is InChI=1S/C13H27NO/c1-5-15-13(10-14)9-7-6-8-11(13)12(2,3)4/h11H,5-10,14H2,1-4H3. The van der Waals surface area contributed by atoms with E-state index in [1.165, 1.54) is 19.3 Å². The van der Waals surface area contributed by atoms with Gasteiger partial charge in [-0.2, -0.15) is 0 Å². The summed E-state index contributed by atoms with van der Waals surface area (Å²) in [6.07, 6.45) is 5.00. The normalized spacial score (nSPS) is 33.0. The Balaban J connectivity index is 2.88. The second-order valence-electron chi connectivity index (χ2n) is 5.87. The van der Waals surface area contributed by atoms with Gasteiger partial charge < -0.3 is 10.5 Å². The SMILES string of the molecule is CCOC1(CN)CCCCC1C(C)(C)C. The lowest BCUT2D eigenvalue weighted by molar-refractivity contribution is -0.128. The maximum atomic E-state index is 6.03. The smallest absolute Gasteiger partial charge is 0.0836 e. The van der Waals surface area contributed by atoms with E-state index >= 15 is 0 Å². The molecule has 0 amide bonds. The second kappa shape index (κ2) is 4.84. The van der Waals surface area contributed by atoms with Gasteiger partial charge in [0.1, 0.15) is 0 Å². The minimum atomic E-state index is -0.0503. The van der Waals surface area contributed by atoms with Crippen molar-refractivity contribution in [1.82, 2.24) is 0 Å². The molecule has 1 saturated carbocycles. The van der Waals surface area contributed by atoms with Crippen LogP contribution in [-0.4, -0.2) is 18.8 Å². The summed E-state index contributed by atoms with van der Waals surface area (Å²) in [5.41, 5.74) is 6.24. The molecule has 0 heterocycles. The second-order valence-corrected chi connectivity index (χ2v) is 5.87. The van der Waals surface area contributed by atoms with Gasteiger partial charge in [-0.3, -0.25) is 0 Å². The van der Waals surface area contributed by atoms with Crippen LogP contribution >= 0.6 is 0 Å². The number of rotatable bonds is 3. The van der Waals surface area contributed by atoms with Crippen molar-refractivity contribution in [2.45, 2.75) is 59.0 Å². The zero-order chi connectivity index (χ0) is 11.5. The Morgan fingerprint density at radius 2 is 2.00 bits per heavy atom. The van der Waals surface area contributed by atoms with Gasteiger partial charge >= 0.3 is 0 Å². The van der Waals surface area contributed by atoms with Crippen molar-refractivity contribution in [3.8, 4) is 0 Å². The van der Waals surface area contributed by atoms with E-state index in [9.17, 15) is 0 Å². The molecule has 1 aliphatic carbocycles. The largest absolute Gasteiger partial charge is 0.374 e. The molecule has 0 aliphatic heterocycles. The van der Waals surface area contributed by atoms with Crippen LogP contribution in [0.4, 0.5) is 0 Å². The van der Waals surface area contributed by atoms with Crippen LogP contribution in [0.2, 0.25) is 0 Å². The molecule has 0 aromatic rings. The first-order valence-corrected chi connectivity index (χ1v) is 6.30. The van der Waals surface area contributed by atoms with Crippen molar-refractivity contribution in [2.75, 3.05) is 13.2 Å². The van der Waals surface area contributed by atoms with Crippen LogP contribution in [0.15, 0.2) is 0 Å². The van der Waals surface area contributed by atoms with Gasteiger partial charge in [-0.25, -0.2) is 0 Å². The van der Waals surface area contributed by atoms with E-state index in [2.05, 4.69) is 27.7 Å². The molecule has 2 unspecified atom stereocenters. The zero-order valence-electron chi connectivity index (χ0n) is 10.8. The number of ether oxygens (including phenoxy) is 1. The van der Waals surface area contributed by atoms with E-state index in [1.807, 2.05) is 0 Å². The van der Waals surface area contributed by atoms with Gasteiger partial charge in [0.25, 0.3) is 0 Å². The van der Waals surface area contributed by atoms with Crippen LogP contribution in [0.3, 0.4) is 0 Å². The van der Waals surface area contributed by atoms with Crippen molar-refractivity contribution < 1.29 is 4.74 Å². The Bertz CT molecular complexity index is 193. The molecule has 0 bridgehead atoms. The Morgan fingerprint density at radius 3 is 2.47 bits per heavy atom. The van der Waals surface area contributed by atoms with Crippen molar-refractivity contribution in [2.24, 2.45) is 17.1 Å². The lowest BCUT2D eigenvalue weighted by Crippen LogP contribution is -2.53. The minimum absolute atomic E-state index is 0.0503. The third-order valence-corrected chi connectivity index (χ3v) is 3.80. The van der Waals surface area contributed by atoms with Gasteiger partial charge in [-0.1, -0.05) is 33.6 Å². The molecular weight excluding hydrogens is 186 g/mol. The summed E-state index contributed by atoms with van der Waals surface area (Å²) in [5, 5.41) is 0. The Kier molecular flexibility index (Phi) is 4.19. The zero-order valence-corrected chi connectivity index (χ0v) is 10.8. The van der Waals surface area contributed by atoms with Gasteiger partial charge in [-0.05, 0) is 31.1 Å². The average Bonchev–Trinajstić information content (AvgIpc) is 2.17. The van der Waals surface area contributed by atoms with Crippen molar-refractivity contribution in [3.05, 3.63) is 0 Å². The highest BCUT2D eigenvalue weighted by Gasteiger charge is 2.45.